The van der Waals surface area contributed by atoms with Crippen molar-refractivity contribution in [3.63, 3.8) is 0 Å². The number of fused-ring (bicyclic) bond motifs is 2. The van der Waals surface area contributed by atoms with Crippen LogP contribution in [-0.4, -0.2) is 36.4 Å². The van der Waals surface area contributed by atoms with Crippen molar-refractivity contribution in [2.75, 3.05) is 14.2 Å². The van der Waals surface area contributed by atoms with Gasteiger partial charge in [0.25, 0.3) is 0 Å². The Kier molecular flexibility index (Phi) is 3.50. The minimum atomic E-state index is -0.596. The Balaban J connectivity index is 2.34. The second-order valence-corrected chi connectivity index (χ2v) is 4.75. The Morgan fingerprint density at radius 1 is 0.947 bits per heavy atom. The van der Waals surface area contributed by atoms with Crippen molar-refractivity contribution in [1.82, 2.24) is 0 Å². The maximum Gasteiger partial charge on any atom is 0.337 e. The summed E-state index contributed by atoms with van der Waals surface area (Å²) in [4.78, 5) is 23.1. The average Bonchev–Trinajstić information content (AvgIpc) is 2.43. The number of rotatable bonds is 2. The van der Waals surface area contributed by atoms with Crippen molar-refractivity contribution in [3.8, 4) is 0 Å². The van der Waals surface area contributed by atoms with Gasteiger partial charge in [0, 0.05) is 11.8 Å². The summed E-state index contributed by atoms with van der Waals surface area (Å²) in [6.07, 6.45) is 0.849. The summed E-state index contributed by atoms with van der Waals surface area (Å²) in [6, 6.07) is 0. The molecule has 2 N–H and O–H groups in total. The second-order valence-electron chi connectivity index (χ2n) is 4.75. The summed E-state index contributed by atoms with van der Waals surface area (Å²) in [7, 11) is 2.48. The lowest BCUT2D eigenvalue weighted by atomic mass is 9.72. The monoisotopic (exact) mass is 268 g/mol. The third-order valence-corrected chi connectivity index (χ3v) is 3.73. The molecule has 0 radical (unpaired) electrons. The molecule has 0 heterocycles. The van der Waals surface area contributed by atoms with Gasteiger partial charge < -0.3 is 19.7 Å². The van der Waals surface area contributed by atoms with Crippen LogP contribution in [0.3, 0.4) is 0 Å². The first-order valence-corrected chi connectivity index (χ1v) is 6.00. The van der Waals surface area contributed by atoms with E-state index in [2.05, 4.69) is 9.47 Å². The number of hydrogen-bond acceptors (Lipinski definition) is 6. The van der Waals surface area contributed by atoms with Gasteiger partial charge in [-0.25, -0.2) is 9.59 Å². The molecular weight excluding hydrogens is 252 g/mol. The molecule has 2 rings (SSSR count). The number of allylic oxidation sites excluding steroid dienone is 2. The van der Waals surface area contributed by atoms with Gasteiger partial charge in [-0.1, -0.05) is 0 Å². The molecule has 0 unspecified atom stereocenters. The van der Waals surface area contributed by atoms with Gasteiger partial charge in [0.2, 0.25) is 0 Å². The van der Waals surface area contributed by atoms with Crippen LogP contribution in [0.4, 0.5) is 0 Å². The molecule has 2 atom stereocenters. The van der Waals surface area contributed by atoms with Crippen molar-refractivity contribution in [2.45, 2.75) is 19.3 Å². The fourth-order valence-corrected chi connectivity index (χ4v) is 2.74. The van der Waals surface area contributed by atoms with Gasteiger partial charge >= 0.3 is 11.9 Å². The molecule has 0 aromatic rings. The number of esters is 2. The molecule has 0 aromatic carbocycles. The first kappa shape index (κ1) is 13.5. The van der Waals surface area contributed by atoms with Gasteiger partial charge in [0.15, 0.2) is 0 Å². The second kappa shape index (κ2) is 4.95. The van der Waals surface area contributed by atoms with Gasteiger partial charge in [-0.05, 0) is 19.3 Å². The minimum Gasteiger partial charge on any atom is -0.511 e. The summed E-state index contributed by atoms with van der Waals surface area (Å²) in [6.45, 7) is 0. The molecule has 6 heteroatoms. The predicted molar refractivity (Wildman–Crippen MR) is 64.2 cm³/mol. The summed E-state index contributed by atoms with van der Waals surface area (Å²) in [5.74, 6) is -1.98. The van der Waals surface area contributed by atoms with E-state index in [1.54, 1.807) is 0 Å². The van der Waals surface area contributed by atoms with E-state index in [-0.39, 0.29) is 47.3 Å². The van der Waals surface area contributed by atoms with Crippen molar-refractivity contribution in [2.24, 2.45) is 11.8 Å². The summed E-state index contributed by atoms with van der Waals surface area (Å²) in [5, 5.41) is 20.1. The summed E-state index contributed by atoms with van der Waals surface area (Å²) >= 11 is 0. The van der Waals surface area contributed by atoms with Crippen molar-refractivity contribution >= 4 is 11.9 Å². The van der Waals surface area contributed by atoms with Crippen molar-refractivity contribution in [3.05, 3.63) is 22.7 Å². The fourth-order valence-electron chi connectivity index (χ4n) is 2.74. The van der Waals surface area contributed by atoms with Gasteiger partial charge in [-0.3, -0.25) is 0 Å². The zero-order chi connectivity index (χ0) is 14.2. The van der Waals surface area contributed by atoms with Crippen molar-refractivity contribution < 1.29 is 29.3 Å². The molecule has 0 saturated heterocycles. The number of carbonyl (C=O) groups excluding carboxylic acids is 2. The van der Waals surface area contributed by atoms with E-state index in [1.165, 1.54) is 14.2 Å². The lowest BCUT2D eigenvalue weighted by Gasteiger charge is -2.34. The lowest BCUT2D eigenvalue weighted by Crippen LogP contribution is -2.31. The molecular formula is C13H16O6. The smallest absolute Gasteiger partial charge is 0.337 e. The lowest BCUT2D eigenvalue weighted by molar-refractivity contribution is -0.137. The van der Waals surface area contributed by atoms with Gasteiger partial charge in [-0.15, -0.1) is 0 Å². The number of hydrogen-bond donors (Lipinski definition) is 2. The molecule has 0 aliphatic heterocycles. The zero-order valence-electron chi connectivity index (χ0n) is 10.8. The fraction of sp³-hybridized carbons (Fsp3) is 0.538. The maximum absolute atomic E-state index is 11.6. The standard InChI is InChI=1S/C13H16O6/c1-18-12(16)8-4-6-3-7(10(8)14)5-9(11(6)15)13(17)19-2/h6-7,14-15H,3-5H2,1-2H3/t6-,7-/m0/s1. The SMILES string of the molecule is COC(=O)C1=C(O)[C@@H]2CC(C(=O)OC)=C(O)[C@H](C1)C2. The largest absolute Gasteiger partial charge is 0.511 e. The topological polar surface area (TPSA) is 93.1 Å². The Morgan fingerprint density at radius 3 is 1.63 bits per heavy atom. The molecule has 6 nitrogen and oxygen atoms in total. The maximum atomic E-state index is 11.6. The number of methoxy groups -OCH3 is 2. The number of aliphatic hydroxyl groups is 2. The normalized spacial score (nSPS) is 26.2. The highest BCUT2D eigenvalue weighted by atomic mass is 16.5. The van der Waals surface area contributed by atoms with Crippen LogP contribution in [0.1, 0.15) is 19.3 Å². The number of aliphatic hydroxyl groups excluding tert-OH is 2. The quantitative estimate of drug-likeness (QED) is 0.735. The highest BCUT2D eigenvalue weighted by Crippen LogP contribution is 2.44. The third kappa shape index (κ3) is 2.18. The van der Waals surface area contributed by atoms with Crippen LogP contribution < -0.4 is 0 Å². The summed E-state index contributed by atoms with van der Waals surface area (Å²) in [5.41, 5.74) is 0.360. The molecule has 2 aliphatic carbocycles. The Labute approximate surface area is 110 Å². The molecule has 0 saturated carbocycles. The first-order valence-electron chi connectivity index (χ1n) is 6.00. The predicted octanol–water partition coefficient (Wildman–Crippen LogP) is 1.39. The van der Waals surface area contributed by atoms with E-state index >= 15 is 0 Å². The van der Waals surface area contributed by atoms with Crippen LogP contribution in [0.2, 0.25) is 0 Å². The minimum absolute atomic E-state index is 0.0444. The van der Waals surface area contributed by atoms with E-state index in [1.807, 2.05) is 0 Å². The van der Waals surface area contributed by atoms with Crippen LogP contribution >= 0.6 is 0 Å². The van der Waals surface area contributed by atoms with E-state index in [4.69, 9.17) is 0 Å². The molecule has 0 aromatic heterocycles. The van der Waals surface area contributed by atoms with E-state index in [9.17, 15) is 19.8 Å². The molecule has 0 fully saturated rings. The van der Waals surface area contributed by atoms with Crippen LogP contribution in [0, 0.1) is 11.8 Å². The van der Waals surface area contributed by atoms with E-state index in [0.717, 1.165) is 0 Å². The average molecular weight is 268 g/mol. The van der Waals surface area contributed by atoms with Crippen LogP contribution in [0.5, 0.6) is 0 Å². The third-order valence-electron chi connectivity index (χ3n) is 3.73. The highest BCUT2D eigenvalue weighted by molar-refractivity contribution is 5.91. The molecule has 2 aliphatic rings. The Bertz CT molecular complexity index is 443. The van der Waals surface area contributed by atoms with Crippen LogP contribution in [-0.2, 0) is 19.1 Å². The van der Waals surface area contributed by atoms with Gasteiger partial charge in [0.05, 0.1) is 25.4 Å². The molecule has 0 amide bonds. The van der Waals surface area contributed by atoms with Gasteiger partial charge in [0.1, 0.15) is 11.5 Å². The molecule has 104 valence electrons. The number of ether oxygens (including phenoxy) is 2. The van der Waals surface area contributed by atoms with Crippen LogP contribution in [0.25, 0.3) is 0 Å². The number of carbonyl (C=O) groups is 2. The Hall–Kier alpha value is -1.98. The van der Waals surface area contributed by atoms with Gasteiger partial charge in [-0.2, -0.15) is 0 Å². The van der Waals surface area contributed by atoms with E-state index in [0.29, 0.717) is 6.42 Å². The van der Waals surface area contributed by atoms with E-state index < -0.39 is 11.9 Å². The Morgan fingerprint density at radius 2 is 1.32 bits per heavy atom. The van der Waals surface area contributed by atoms with Crippen LogP contribution in [0.15, 0.2) is 22.7 Å². The highest BCUT2D eigenvalue weighted by Gasteiger charge is 2.41. The molecule has 19 heavy (non-hydrogen) atoms. The molecule has 0 spiro atoms. The zero-order valence-corrected chi connectivity index (χ0v) is 10.8. The molecule has 2 bridgehead atoms. The first-order chi connectivity index (χ1) is 8.99. The van der Waals surface area contributed by atoms with Crippen molar-refractivity contribution in [1.29, 1.82) is 0 Å². The summed E-state index contributed by atoms with van der Waals surface area (Å²) < 4.78 is 9.22.